The molecular formula is C37H41BrN4O4S. The number of unbranched alkanes of at least 4 members (excludes halogenated alkanes) is 3. The van der Waals surface area contributed by atoms with Gasteiger partial charge in [0.05, 0.1) is 56.8 Å². The lowest BCUT2D eigenvalue weighted by atomic mass is 9.90. The van der Waals surface area contributed by atoms with Gasteiger partial charge >= 0.3 is 5.97 Å². The standard InChI is InChI=1S/C37H41BrN4O4S/c1-5-6-7-8-9-22(2)33-28-12-10-26(37(44)45)20-31(28)42(21-32(43)41-14-16-46-17-15-41)35(33)27-18-25-11-13-30(40-34(25)29(38)19-27)36-23(3)39-24(4)47-36/h10-13,18-20,22H,5-9,14-17,21H2,1-4H3,(H,44,45). The molecule has 47 heavy (non-hydrogen) atoms. The summed E-state index contributed by atoms with van der Waals surface area (Å²) in [4.78, 5) is 38.5. The van der Waals surface area contributed by atoms with Crippen LogP contribution in [-0.2, 0) is 16.1 Å². The molecule has 5 aromatic rings. The van der Waals surface area contributed by atoms with Crippen molar-refractivity contribution in [1.29, 1.82) is 0 Å². The van der Waals surface area contributed by atoms with Crippen molar-refractivity contribution < 1.29 is 19.4 Å². The van der Waals surface area contributed by atoms with Crippen LogP contribution in [0.1, 0.15) is 78.5 Å². The number of hydrogen-bond acceptors (Lipinski definition) is 6. The molecule has 8 nitrogen and oxygen atoms in total. The number of aryl methyl sites for hydroxylation is 2. The maximum absolute atomic E-state index is 13.8. The first-order valence-electron chi connectivity index (χ1n) is 16.5. The number of carbonyl (C=O) groups excluding carboxylic acids is 1. The second-order valence-electron chi connectivity index (χ2n) is 12.5. The van der Waals surface area contributed by atoms with E-state index < -0.39 is 5.97 Å². The maximum atomic E-state index is 13.8. The number of aromatic nitrogens is 3. The summed E-state index contributed by atoms with van der Waals surface area (Å²) in [6, 6.07) is 13.7. The van der Waals surface area contributed by atoms with Crippen LogP contribution >= 0.6 is 27.3 Å². The third kappa shape index (κ3) is 6.87. The first-order chi connectivity index (χ1) is 22.7. The Labute approximate surface area is 287 Å². The van der Waals surface area contributed by atoms with Crippen molar-refractivity contribution in [2.45, 2.75) is 72.3 Å². The molecule has 0 radical (unpaired) electrons. The van der Waals surface area contributed by atoms with E-state index >= 15 is 0 Å². The lowest BCUT2D eigenvalue weighted by Crippen LogP contribution is -2.42. The summed E-state index contributed by atoms with van der Waals surface area (Å²) in [6.07, 6.45) is 5.64. The number of morpholine rings is 1. The van der Waals surface area contributed by atoms with Gasteiger partial charge in [-0.1, -0.05) is 51.7 Å². The molecule has 0 bridgehead atoms. The van der Waals surface area contributed by atoms with Crippen LogP contribution in [-0.4, -0.2) is 62.7 Å². The smallest absolute Gasteiger partial charge is 0.335 e. The van der Waals surface area contributed by atoms with Crippen LogP contribution < -0.4 is 0 Å². The average molecular weight is 718 g/mol. The Morgan fingerprint density at radius 1 is 1.04 bits per heavy atom. The third-order valence-corrected chi connectivity index (χ3v) is 10.8. The van der Waals surface area contributed by atoms with Crippen molar-refractivity contribution >= 4 is 60.9 Å². The summed E-state index contributed by atoms with van der Waals surface area (Å²) in [5, 5.41) is 12.9. The Bertz CT molecular complexity index is 1960. The van der Waals surface area contributed by atoms with Gasteiger partial charge in [-0.25, -0.2) is 14.8 Å². The van der Waals surface area contributed by atoms with E-state index in [-0.39, 0.29) is 23.9 Å². The molecule has 1 unspecified atom stereocenters. The number of carboxylic acids is 1. The number of aromatic carboxylic acids is 1. The van der Waals surface area contributed by atoms with Gasteiger partial charge in [0, 0.05) is 33.9 Å². The predicted octanol–water partition coefficient (Wildman–Crippen LogP) is 8.99. The number of carbonyl (C=O) groups is 2. The minimum Gasteiger partial charge on any atom is -0.478 e. The number of nitrogens with zero attached hydrogens (tertiary/aromatic N) is 4. The van der Waals surface area contributed by atoms with Gasteiger partial charge < -0.3 is 19.3 Å². The molecule has 2 aromatic carbocycles. The van der Waals surface area contributed by atoms with E-state index in [0.717, 1.165) is 77.2 Å². The Balaban J connectivity index is 1.54. The molecule has 1 fully saturated rings. The molecule has 3 aromatic heterocycles. The number of benzene rings is 2. The lowest BCUT2D eigenvalue weighted by Gasteiger charge is -2.27. The van der Waals surface area contributed by atoms with Gasteiger partial charge in [0.25, 0.3) is 0 Å². The highest BCUT2D eigenvalue weighted by atomic mass is 79.9. The Hall–Kier alpha value is -3.60. The Kier molecular flexibility index (Phi) is 10.1. The molecule has 0 spiro atoms. The van der Waals surface area contributed by atoms with Gasteiger partial charge in [0.2, 0.25) is 5.91 Å². The van der Waals surface area contributed by atoms with Gasteiger partial charge in [-0.15, -0.1) is 11.3 Å². The van der Waals surface area contributed by atoms with Crippen molar-refractivity contribution in [3.8, 4) is 21.8 Å². The van der Waals surface area contributed by atoms with Crippen molar-refractivity contribution in [3.63, 3.8) is 0 Å². The summed E-state index contributed by atoms with van der Waals surface area (Å²) >= 11 is 5.50. The number of hydrogen-bond donors (Lipinski definition) is 1. The van der Waals surface area contributed by atoms with E-state index in [9.17, 15) is 14.7 Å². The predicted molar refractivity (Wildman–Crippen MR) is 192 cm³/mol. The fourth-order valence-electron chi connectivity index (χ4n) is 6.78. The molecule has 1 saturated heterocycles. The highest BCUT2D eigenvalue weighted by Crippen LogP contribution is 2.43. The topological polar surface area (TPSA) is 97.5 Å². The molecule has 1 aliphatic heterocycles. The number of fused-ring (bicyclic) bond motifs is 2. The lowest BCUT2D eigenvalue weighted by molar-refractivity contribution is -0.135. The van der Waals surface area contributed by atoms with Crippen LogP contribution in [0, 0.1) is 13.8 Å². The molecule has 4 heterocycles. The maximum Gasteiger partial charge on any atom is 0.335 e. The summed E-state index contributed by atoms with van der Waals surface area (Å²) in [7, 11) is 0. The number of pyridine rings is 1. The second-order valence-corrected chi connectivity index (χ2v) is 14.6. The fourth-order valence-corrected chi connectivity index (χ4v) is 8.23. The van der Waals surface area contributed by atoms with Crippen LogP contribution in [0.3, 0.4) is 0 Å². The minimum atomic E-state index is -0.989. The molecule has 1 atom stereocenters. The zero-order valence-electron chi connectivity index (χ0n) is 27.4. The quantitative estimate of drug-likeness (QED) is 0.137. The van der Waals surface area contributed by atoms with Gasteiger partial charge in [-0.05, 0) is 78.0 Å². The van der Waals surface area contributed by atoms with Gasteiger partial charge in [0.15, 0.2) is 0 Å². The zero-order chi connectivity index (χ0) is 33.2. The summed E-state index contributed by atoms with van der Waals surface area (Å²) < 4.78 is 8.42. The summed E-state index contributed by atoms with van der Waals surface area (Å²) in [6.45, 7) is 10.7. The van der Waals surface area contributed by atoms with Crippen LogP contribution in [0.25, 0.3) is 43.6 Å². The minimum absolute atomic E-state index is 0.00397. The second kappa shape index (κ2) is 14.3. The largest absolute Gasteiger partial charge is 0.478 e. The first kappa shape index (κ1) is 33.3. The highest BCUT2D eigenvalue weighted by Gasteiger charge is 2.27. The molecule has 10 heteroatoms. The van der Waals surface area contributed by atoms with E-state index in [0.29, 0.717) is 26.3 Å². The highest BCUT2D eigenvalue weighted by molar-refractivity contribution is 9.10. The molecule has 1 amide bonds. The zero-order valence-corrected chi connectivity index (χ0v) is 29.8. The summed E-state index contributed by atoms with van der Waals surface area (Å²) in [5.74, 6) is -0.806. The molecule has 246 valence electrons. The number of ether oxygens (including phenoxy) is 1. The van der Waals surface area contributed by atoms with E-state index in [1.165, 1.54) is 19.3 Å². The Morgan fingerprint density at radius 3 is 2.53 bits per heavy atom. The van der Waals surface area contributed by atoms with E-state index in [1.807, 2.05) is 30.9 Å². The van der Waals surface area contributed by atoms with Crippen LogP contribution in [0.4, 0.5) is 0 Å². The van der Waals surface area contributed by atoms with Crippen molar-refractivity contribution in [2.24, 2.45) is 0 Å². The monoisotopic (exact) mass is 716 g/mol. The van der Waals surface area contributed by atoms with Crippen molar-refractivity contribution in [2.75, 3.05) is 26.3 Å². The molecule has 0 aliphatic carbocycles. The van der Waals surface area contributed by atoms with Crippen molar-refractivity contribution in [3.05, 3.63) is 68.8 Å². The number of rotatable bonds is 11. The first-order valence-corrected chi connectivity index (χ1v) is 18.1. The normalized spacial score (nSPS) is 14.3. The average Bonchev–Trinajstić information content (AvgIpc) is 3.58. The fraction of sp³-hybridized carbons (Fsp3) is 0.405. The molecular weight excluding hydrogens is 676 g/mol. The summed E-state index contributed by atoms with van der Waals surface area (Å²) in [5.41, 5.74) is 6.74. The van der Waals surface area contributed by atoms with Gasteiger partial charge in [-0.2, -0.15) is 0 Å². The van der Waals surface area contributed by atoms with Crippen molar-refractivity contribution in [1.82, 2.24) is 19.4 Å². The third-order valence-electron chi connectivity index (χ3n) is 9.15. The van der Waals surface area contributed by atoms with Crippen LogP contribution in [0.15, 0.2) is 46.9 Å². The van der Waals surface area contributed by atoms with E-state index in [1.54, 1.807) is 23.5 Å². The number of halogens is 1. The molecule has 1 N–H and O–H groups in total. The molecule has 6 rings (SSSR count). The van der Waals surface area contributed by atoms with Gasteiger partial charge in [0.1, 0.15) is 6.54 Å². The number of amides is 1. The van der Waals surface area contributed by atoms with Crippen LogP contribution in [0.2, 0.25) is 0 Å². The van der Waals surface area contributed by atoms with E-state index in [2.05, 4.69) is 57.5 Å². The Morgan fingerprint density at radius 2 is 1.83 bits per heavy atom. The van der Waals surface area contributed by atoms with E-state index in [4.69, 9.17) is 9.72 Å². The SMILES string of the molecule is CCCCCCC(C)c1c(-c2cc(Br)c3nc(-c4sc(C)nc4C)ccc3c2)n(CC(=O)N2CCOCC2)c2cc(C(=O)O)ccc12. The molecule has 0 saturated carbocycles. The molecule has 1 aliphatic rings. The van der Waals surface area contributed by atoms with Crippen LogP contribution in [0.5, 0.6) is 0 Å². The van der Waals surface area contributed by atoms with Gasteiger partial charge in [-0.3, -0.25) is 4.79 Å². The number of thiazole rings is 1. The number of carboxylic acid groups (broad SMARTS) is 1.